The molecule has 1 heterocycles. The topological polar surface area (TPSA) is 55.1 Å². The fraction of sp³-hybridized carbons (Fsp3) is 0.556. The lowest BCUT2D eigenvalue weighted by Gasteiger charge is -2.01. The third-order valence-corrected chi connectivity index (χ3v) is 2.48. The molecule has 14 heavy (non-hydrogen) atoms. The number of hydrogen-bond acceptors (Lipinski definition) is 3. The molecule has 4 nitrogen and oxygen atoms in total. The average molecular weight is 215 g/mol. The number of carbonyl (C=O) groups is 1. The Balaban J connectivity index is 1.94. The quantitative estimate of drug-likeness (QED) is 0.771. The van der Waals surface area contributed by atoms with Gasteiger partial charge in [-0.1, -0.05) is 5.16 Å². The van der Waals surface area contributed by atoms with Crippen molar-refractivity contribution in [2.45, 2.75) is 25.3 Å². The van der Waals surface area contributed by atoms with Gasteiger partial charge in [-0.3, -0.25) is 4.79 Å². The van der Waals surface area contributed by atoms with Crippen LogP contribution in [0.5, 0.6) is 0 Å². The second kappa shape index (κ2) is 4.00. The molecule has 1 saturated carbocycles. The van der Waals surface area contributed by atoms with E-state index in [1.807, 2.05) is 0 Å². The summed E-state index contributed by atoms with van der Waals surface area (Å²) in [6, 6.07) is 0. The number of rotatable bonds is 4. The molecule has 1 aromatic heterocycles. The predicted molar refractivity (Wildman–Crippen MR) is 51.0 cm³/mol. The molecule has 1 fully saturated rings. The lowest BCUT2D eigenvalue weighted by Crippen LogP contribution is -2.23. The molecular weight excluding hydrogens is 204 g/mol. The van der Waals surface area contributed by atoms with Crippen molar-refractivity contribution in [3.05, 3.63) is 17.5 Å². The lowest BCUT2D eigenvalue weighted by atomic mass is 10.2. The summed E-state index contributed by atoms with van der Waals surface area (Å²) in [5, 5.41) is 6.61. The van der Waals surface area contributed by atoms with Gasteiger partial charge >= 0.3 is 0 Å². The van der Waals surface area contributed by atoms with Crippen molar-refractivity contribution < 1.29 is 9.32 Å². The third kappa shape index (κ3) is 2.07. The van der Waals surface area contributed by atoms with Gasteiger partial charge in [-0.05, 0) is 12.8 Å². The maximum absolute atomic E-state index is 10.9. The molecule has 1 aliphatic carbocycles. The minimum atomic E-state index is -0.172. The van der Waals surface area contributed by atoms with Gasteiger partial charge in [0.15, 0.2) is 0 Å². The maximum atomic E-state index is 10.9. The highest BCUT2D eigenvalue weighted by molar-refractivity contribution is 6.27. The molecule has 0 unspecified atom stereocenters. The van der Waals surface area contributed by atoms with Crippen LogP contribution >= 0.6 is 11.6 Å². The average Bonchev–Trinajstić information content (AvgIpc) is 2.94. The second-order valence-corrected chi connectivity index (χ2v) is 3.68. The highest BCUT2D eigenvalue weighted by Crippen LogP contribution is 2.40. The molecule has 2 rings (SSSR count). The monoisotopic (exact) mass is 214 g/mol. The molecular formula is C9H11ClN2O2. The van der Waals surface area contributed by atoms with Gasteiger partial charge in [0.2, 0.25) is 5.91 Å². The molecule has 1 N–H and O–H groups in total. The molecule has 0 aliphatic heterocycles. The molecule has 0 radical (unpaired) electrons. The van der Waals surface area contributed by atoms with E-state index in [0.717, 1.165) is 11.3 Å². The predicted octanol–water partition coefficient (Wildman–Crippen LogP) is 1.41. The molecule has 1 aliphatic rings. The van der Waals surface area contributed by atoms with Crippen LogP contribution in [0.2, 0.25) is 0 Å². The van der Waals surface area contributed by atoms with Crippen molar-refractivity contribution in [3.8, 4) is 0 Å². The Hall–Kier alpha value is -1.03. The standard InChI is InChI=1S/C9H11ClN2O2/c10-3-8(13)11-4-7-5-14-12-9(7)6-1-2-6/h5-6H,1-4H2,(H,11,13). The number of hydrogen-bond donors (Lipinski definition) is 1. The fourth-order valence-corrected chi connectivity index (χ4v) is 1.43. The SMILES string of the molecule is O=C(CCl)NCc1conc1C1CC1. The smallest absolute Gasteiger partial charge is 0.235 e. The van der Waals surface area contributed by atoms with Gasteiger partial charge in [0, 0.05) is 18.0 Å². The summed E-state index contributed by atoms with van der Waals surface area (Å²) in [5.74, 6) is 0.357. The molecule has 1 aromatic rings. The highest BCUT2D eigenvalue weighted by Gasteiger charge is 2.29. The van der Waals surface area contributed by atoms with Gasteiger partial charge in [-0.2, -0.15) is 0 Å². The largest absolute Gasteiger partial charge is 0.364 e. The van der Waals surface area contributed by atoms with Crippen LogP contribution in [0.3, 0.4) is 0 Å². The molecule has 5 heteroatoms. The number of nitrogens with zero attached hydrogens (tertiary/aromatic N) is 1. The van der Waals surface area contributed by atoms with Crippen molar-refractivity contribution in [2.24, 2.45) is 0 Å². The van der Waals surface area contributed by atoms with Crippen molar-refractivity contribution in [1.82, 2.24) is 10.5 Å². The normalized spacial score (nSPS) is 15.5. The number of nitrogens with one attached hydrogen (secondary N) is 1. The molecule has 0 saturated heterocycles. The summed E-state index contributed by atoms with van der Waals surface area (Å²) in [5.41, 5.74) is 1.95. The Kier molecular flexibility index (Phi) is 2.72. The maximum Gasteiger partial charge on any atom is 0.235 e. The Labute approximate surface area is 86.6 Å². The molecule has 0 atom stereocenters. The van der Waals surface area contributed by atoms with Crippen LogP contribution in [-0.4, -0.2) is 16.9 Å². The first-order chi connectivity index (χ1) is 6.81. The summed E-state index contributed by atoms with van der Waals surface area (Å²) in [6.07, 6.45) is 3.92. The minimum absolute atomic E-state index is 0.00988. The zero-order valence-corrected chi connectivity index (χ0v) is 8.38. The van der Waals surface area contributed by atoms with Crippen LogP contribution in [0.1, 0.15) is 30.0 Å². The first kappa shape index (κ1) is 9.52. The number of aromatic nitrogens is 1. The van der Waals surface area contributed by atoms with E-state index in [1.165, 1.54) is 12.8 Å². The molecule has 0 spiro atoms. The van der Waals surface area contributed by atoms with Crippen LogP contribution in [0.15, 0.2) is 10.8 Å². The Morgan fingerprint density at radius 2 is 2.50 bits per heavy atom. The molecule has 0 aromatic carbocycles. The molecule has 76 valence electrons. The van der Waals surface area contributed by atoms with Gasteiger partial charge < -0.3 is 9.84 Å². The number of alkyl halides is 1. The van der Waals surface area contributed by atoms with Crippen molar-refractivity contribution >= 4 is 17.5 Å². The second-order valence-electron chi connectivity index (χ2n) is 3.41. The van der Waals surface area contributed by atoms with Gasteiger partial charge in [0.1, 0.15) is 12.1 Å². The molecule has 1 amide bonds. The lowest BCUT2D eigenvalue weighted by molar-refractivity contribution is -0.118. The van der Waals surface area contributed by atoms with Crippen LogP contribution < -0.4 is 5.32 Å². The van der Waals surface area contributed by atoms with E-state index in [0.29, 0.717) is 12.5 Å². The number of amides is 1. The van der Waals surface area contributed by atoms with Crippen molar-refractivity contribution in [2.75, 3.05) is 5.88 Å². The van der Waals surface area contributed by atoms with E-state index >= 15 is 0 Å². The number of halogens is 1. The van der Waals surface area contributed by atoms with Crippen LogP contribution in [-0.2, 0) is 11.3 Å². The summed E-state index contributed by atoms with van der Waals surface area (Å²) in [7, 11) is 0. The first-order valence-corrected chi connectivity index (χ1v) is 5.10. The van der Waals surface area contributed by atoms with Crippen molar-refractivity contribution in [3.63, 3.8) is 0 Å². The zero-order valence-electron chi connectivity index (χ0n) is 7.62. The van der Waals surface area contributed by atoms with Gasteiger partial charge in [-0.15, -0.1) is 11.6 Å². The van der Waals surface area contributed by atoms with Gasteiger partial charge in [-0.25, -0.2) is 0 Å². The van der Waals surface area contributed by atoms with E-state index in [1.54, 1.807) is 6.26 Å². The van der Waals surface area contributed by atoms with Crippen LogP contribution in [0.4, 0.5) is 0 Å². The van der Waals surface area contributed by atoms with Gasteiger partial charge in [0.05, 0.1) is 5.69 Å². The summed E-state index contributed by atoms with van der Waals surface area (Å²) in [4.78, 5) is 10.9. The van der Waals surface area contributed by atoms with Gasteiger partial charge in [0.25, 0.3) is 0 Å². The fourth-order valence-electron chi connectivity index (χ4n) is 1.33. The summed E-state index contributed by atoms with van der Waals surface area (Å²) in [6.45, 7) is 0.459. The minimum Gasteiger partial charge on any atom is -0.364 e. The van der Waals surface area contributed by atoms with Crippen molar-refractivity contribution in [1.29, 1.82) is 0 Å². The third-order valence-electron chi connectivity index (χ3n) is 2.24. The van der Waals surface area contributed by atoms with E-state index in [4.69, 9.17) is 16.1 Å². The van der Waals surface area contributed by atoms with E-state index in [9.17, 15) is 4.79 Å². The summed E-state index contributed by atoms with van der Waals surface area (Å²) >= 11 is 5.36. The summed E-state index contributed by atoms with van der Waals surface area (Å²) < 4.78 is 4.88. The van der Waals surface area contributed by atoms with E-state index in [2.05, 4.69) is 10.5 Å². The van der Waals surface area contributed by atoms with E-state index < -0.39 is 0 Å². The highest BCUT2D eigenvalue weighted by atomic mass is 35.5. The Morgan fingerprint density at radius 3 is 3.14 bits per heavy atom. The Morgan fingerprint density at radius 1 is 1.71 bits per heavy atom. The molecule has 0 bridgehead atoms. The van der Waals surface area contributed by atoms with Crippen LogP contribution in [0.25, 0.3) is 0 Å². The zero-order chi connectivity index (χ0) is 9.97. The van der Waals surface area contributed by atoms with Crippen LogP contribution in [0, 0.1) is 0 Å². The first-order valence-electron chi connectivity index (χ1n) is 4.57. The number of carbonyl (C=O) groups excluding carboxylic acids is 1. The van der Waals surface area contributed by atoms with E-state index in [-0.39, 0.29) is 11.8 Å². The Bertz CT molecular complexity index is 333.